The van der Waals surface area contributed by atoms with E-state index in [-0.39, 0.29) is 0 Å². The molecule has 5 nitrogen and oxygen atoms in total. The topological polar surface area (TPSA) is 70.3 Å². The van der Waals surface area contributed by atoms with E-state index >= 15 is 0 Å². The van der Waals surface area contributed by atoms with Crippen molar-refractivity contribution >= 4 is 43.7 Å². The molecule has 5 heteroatoms. The third kappa shape index (κ3) is 4.27. The fraction of sp³-hybridized carbons (Fsp3) is 0. The summed E-state index contributed by atoms with van der Waals surface area (Å²) in [4.78, 5) is 4.88. The molecule has 0 unspecified atom stereocenters. The number of para-hydroxylation sites is 2. The molecule has 3 aromatic heterocycles. The van der Waals surface area contributed by atoms with Gasteiger partial charge in [0.1, 0.15) is 5.65 Å². The van der Waals surface area contributed by atoms with E-state index in [0.29, 0.717) is 11.1 Å². The number of pyridine rings is 1. The number of hydrogen-bond acceptors (Lipinski definition) is 3. The van der Waals surface area contributed by atoms with Gasteiger partial charge in [-0.15, -0.1) is 0 Å². The van der Waals surface area contributed by atoms with E-state index in [1.54, 1.807) is 0 Å². The van der Waals surface area contributed by atoms with Crippen LogP contribution >= 0.6 is 0 Å². The van der Waals surface area contributed by atoms with Crippen molar-refractivity contribution in [3.05, 3.63) is 163 Å². The van der Waals surface area contributed by atoms with Crippen LogP contribution in [0.1, 0.15) is 11.1 Å². The predicted molar refractivity (Wildman–Crippen MR) is 193 cm³/mol. The normalized spacial score (nSPS) is 11.3. The Morgan fingerprint density at radius 3 is 1.77 bits per heavy atom. The summed E-state index contributed by atoms with van der Waals surface area (Å²) in [6.45, 7) is 0. The van der Waals surface area contributed by atoms with Crippen molar-refractivity contribution in [2.24, 2.45) is 0 Å². The van der Waals surface area contributed by atoms with E-state index in [1.165, 1.54) is 0 Å². The molecule has 0 radical (unpaired) electrons. The first-order valence-electron chi connectivity index (χ1n) is 15.7. The highest BCUT2D eigenvalue weighted by Crippen LogP contribution is 2.38. The zero-order chi connectivity index (χ0) is 32.2. The number of hydrogen-bond donors (Lipinski definition) is 0. The maximum absolute atomic E-state index is 9.72. The first-order chi connectivity index (χ1) is 23.7. The van der Waals surface area contributed by atoms with Gasteiger partial charge in [0.25, 0.3) is 0 Å². The highest BCUT2D eigenvalue weighted by atomic mass is 15.1. The lowest BCUT2D eigenvalue weighted by Crippen LogP contribution is -2.01. The van der Waals surface area contributed by atoms with Crippen molar-refractivity contribution in [3.63, 3.8) is 0 Å². The van der Waals surface area contributed by atoms with Gasteiger partial charge in [0.2, 0.25) is 0 Å². The van der Waals surface area contributed by atoms with E-state index in [4.69, 9.17) is 4.98 Å². The van der Waals surface area contributed by atoms with E-state index in [1.807, 2.05) is 60.8 Å². The minimum atomic E-state index is 0.631. The van der Waals surface area contributed by atoms with Crippen LogP contribution in [0.25, 0.3) is 77.4 Å². The maximum atomic E-state index is 9.72. The Hall–Kier alpha value is -6.95. The van der Waals surface area contributed by atoms with Crippen molar-refractivity contribution in [2.45, 2.75) is 0 Å². The molecule has 0 amide bonds. The Morgan fingerprint density at radius 2 is 1.00 bits per heavy atom. The minimum absolute atomic E-state index is 0.631. The summed E-state index contributed by atoms with van der Waals surface area (Å²) >= 11 is 0. The molecule has 6 aromatic carbocycles. The van der Waals surface area contributed by atoms with Gasteiger partial charge >= 0.3 is 0 Å². The van der Waals surface area contributed by atoms with Crippen LogP contribution in [0.15, 0.2) is 152 Å². The molecule has 48 heavy (non-hydrogen) atoms. The van der Waals surface area contributed by atoms with E-state index in [2.05, 4.69) is 112 Å². The van der Waals surface area contributed by atoms with Gasteiger partial charge in [0, 0.05) is 33.4 Å². The van der Waals surface area contributed by atoms with Gasteiger partial charge in [0.05, 0.1) is 45.5 Å². The van der Waals surface area contributed by atoms with Gasteiger partial charge in [-0.1, -0.05) is 66.7 Å². The number of benzene rings is 6. The second-order valence-corrected chi connectivity index (χ2v) is 11.9. The molecule has 3 heterocycles. The largest absolute Gasteiger partial charge is 0.309 e. The Kier molecular flexibility index (Phi) is 6.18. The van der Waals surface area contributed by atoms with Crippen molar-refractivity contribution in [1.29, 1.82) is 10.5 Å². The van der Waals surface area contributed by atoms with Crippen LogP contribution in [0.5, 0.6) is 0 Å². The first kappa shape index (κ1) is 27.4. The van der Waals surface area contributed by atoms with Gasteiger partial charge in [-0.3, -0.25) is 4.57 Å². The summed E-state index contributed by atoms with van der Waals surface area (Å²) in [5.74, 6) is 0. The summed E-state index contributed by atoms with van der Waals surface area (Å²) < 4.78 is 4.54. The molecule has 0 spiro atoms. The first-order valence-corrected chi connectivity index (χ1v) is 15.7. The molecule has 0 saturated carbocycles. The highest BCUT2D eigenvalue weighted by Gasteiger charge is 2.18. The van der Waals surface area contributed by atoms with Crippen molar-refractivity contribution in [1.82, 2.24) is 14.1 Å². The molecule has 9 aromatic rings. The Balaban J connectivity index is 1.36. The van der Waals surface area contributed by atoms with E-state index in [9.17, 15) is 10.5 Å². The smallest absolute Gasteiger partial charge is 0.145 e. The maximum Gasteiger partial charge on any atom is 0.145 e. The monoisotopic (exact) mass is 611 g/mol. The zero-order valence-corrected chi connectivity index (χ0v) is 25.7. The van der Waals surface area contributed by atoms with Crippen LogP contribution in [-0.2, 0) is 0 Å². The second-order valence-electron chi connectivity index (χ2n) is 11.9. The molecule has 0 fully saturated rings. The molecule has 0 bridgehead atoms. The Labute approximate surface area is 276 Å². The second kappa shape index (κ2) is 10.8. The fourth-order valence-corrected chi connectivity index (χ4v) is 7.04. The van der Waals surface area contributed by atoms with Gasteiger partial charge in [0.15, 0.2) is 0 Å². The molecular formula is C43H25N5. The van der Waals surface area contributed by atoms with Crippen molar-refractivity contribution in [2.75, 3.05) is 0 Å². The lowest BCUT2D eigenvalue weighted by atomic mass is 9.97. The Morgan fingerprint density at radius 1 is 0.417 bits per heavy atom. The molecule has 9 rings (SSSR count). The quantitative estimate of drug-likeness (QED) is 0.199. The summed E-state index contributed by atoms with van der Waals surface area (Å²) in [6, 6.07) is 54.3. The molecule has 0 aliphatic carbocycles. The van der Waals surface area contributed by atoms with Gasteiger partial charge < -0.3 is 4.57 Å². The number of fused-ring (bicyclic) bond motifs is 6. The lowest BCUT2D eigenvalue weighted by Gasteiger charge is -2.16. The molecule has 0 atom stereocenters. The molecular weight excluding hydrogens is 587 g/mol. The summed E-state index contributed by atoms with van der Waals surface area (Å²) in [6.07, 6.45) is 1.85. The van der Waals surface area contributed by atoms with Gasteiger partial charge in [-0.25, -0.2) is 4.98 Å². The third-order valence-electron chi connectivity index (χ3n) is 9.18. The van der Waals surface area contributed by atoms with Crippen LogP contribution in [0.3, 0.4) is 0 Å². The molecule has 0 N–H and O–H groups in total. The van der Waals surface area contributed by atoms with E-state index < -0.39 is 0 Å². The Bertz CT molecular complexity index is 2770. The van der Waals surface area contributed by atoms with Gasteiger partial charge in [-0.05, 0) is 101 Å². The molecule has 0 aliphatic rings. The lowest BCUT2D eigenvalue weighted by molar-refractivity contribution is 1.11. The highest BCUT2D eigenvalue weighted by molar-refractivity contribution is 6.10. The standard InChI is InChI=1S/C43H25N5/c44-26-28-8-5-9-30(20-28)31-10-6-11-32(22-31)33-23-34(47-40-15-3-2-13-37(40)39-21-29(27-45)17-18-42(39)47)25-35(24-33)48-41-16-4-1-12-36(41)38-14-7-19-46-43(38)48/h1-25H. The van der Waals surface area contributed by atoms with Crippen LogP contribution in [0.2, 0.25) is 0 Å². The summed E-state index contributed by atoms with van der Waals surface area (Å²) in [5, 5.41) is 23.6. The number of nitriles is 2. The fourth-order valence-electron chi connectivity index (χ4n) is 7.04. The van der Waals surface area contributed by atoms with Gasteiger partial charge in [-0.2, -0.15) is 10.5 Å². The summed E-state index contributed by atoms with van der Waals surface area (Å²) in [5.41, 5.74) is 11.4. The average molecular weight is 612 g/mol. The van der Waals surface area contributed by atoms with E-state index in [0.717, 1.165) is 77.4 Å². The number of nitrogens with zero attached hydrogens (tertiary/aromatic N) is 5. The van der Waals surface area contributed by atoms with Crippen LogP contribution in [0, 0.1) is 22.7 Å². The SMILES string of the molecule is N#Cc1cccc(-c2cccc(-c3cc(-n4c5ccccc5c5cc(C#N)ccc54)cc(-n4c5ccccc5c5cccnc54)c3)c2)c1. The van der Waals surface area contributed by atoms with Crippen LogP contribution < -0.4 is 0 Å². The molecule has 0 saturated heterocycles. The van der Waals surface area contributed by atoms with Crippen molar-refractivity contribution < 1.29 is 0 Å². The third-order valence-corrected chi connectivity index (χ3v) is 9.18. The molecule has 0 aliphatic heterocycles. The summed E-state index contributed by atoms with van der Waals surface area (Å²) in [7, 11) is 0. The average Bonchev–Trinajstić information content (AvgIpc) is 3.67. The van der Waals surface area contributed by atoms with Crippen LogP contribution in [0.4, 0.5) is 0 Å². The van der Waals surface area contributed by atoms with Crippen LogP contribution in [-0.4, -0.2) is 14.1 Å². The minimum Gasteiger partial charge on any atom is -0.309 e. The molecule has 222 valence electrons. The number of rotatable bonds is 4. The van der Waals surface area contributed by atoms with Crippen molar-refractivity contribution in [3.8, 4) is 45.8 Å². The number of aromatic nitrogens is 3. The predicted octanol–water partition coefficient (Wildman–Crippen LogP) is 10.4. The zero-order valence-electron chi connectivity index (χ0n) is 25.7.